The lowest BCUT2D eigenvalue weighted by atomic mass is 9.85. The van der Waals surface area contributed by atoms with E-state index in [4.69, 9.17) is 0 Å². The summed E-state index contributed by atoms with van der Waals surface area (Å²) in [6, 6.07) is 5.98. The fourth-order valence-corrected chi connectivity index (χ4v) is 3.11. The molecule has 0 amide bonds. The van der Waals surface area contributed by atoms with Crippen molar-refractivity contribution in [3.8, 4) is 5.75 Å². The van der Waals surface area contributed by atoms with Gasteiger partial charge in [0.15, 0.2) is 0 Å². The summed E-state index contributed by atoms with van der Waals surface area (Å²) in [5.41, 5.74) is 0.860. The van der Waals surface area contributed by atoms with Crippen molar-refractivity contribution in [2.75, 3.05) is 6.61 Å². The number of benzene rings is 1. The van der Waals surface area contributed by atoms with Crippen LogP contribution in [-0.2, 0) is 6.54 Å². The molecule has 1 aliphatic carbocycles. The van der Waals surface area contributed by atoms with Gasteiger partial charge in [-0.15, -0.1) is 0 Å². The molecule has 3 nitrogen and oxygen atoms in total. The van der Waals surface area contributed by atoms with Gasteiger partial charge in [-0.25, -0.2) is 0 Å². The van der Waals surface area contributed by atoms with Crippen molar-refractivity contribution < 1.29 is 10.2 Å². The summed E-state index contributed by atoms with van der Waals surface area (Å²) >= 11 is 3.32. The maximum atomic E-state index is 9.92. The third-order valence-corrected chi connectivity index (χ3v) is 4.69. The molecule has 3 N–H and O–H groups in total. The summed E-state index contributed by atoms with van der Waals surface area (Å²) < 4.78 is 0.721. The summed E-state index contributed by atoms with van der Waals surface area (Å²) in [5.74, 6) is 0.300. The van der Waals surface area contributed by atoms with Crippen LogP contribution in [0.3, 0.4) is 0 Å². The molecule has 2 atom stereocenters. The Morgan fingerprint density at radius 2 is 2.28 bits per heavy atom. The molecule has 1 aromatic rings. The van der Waals surface area contributed by atoms with Crippen LogP contribution in [0.2, 0.25) is 0 Å². The van der Waals surface area contributed by atoms with Crippen LogP contribution in [0.1, 0.15) is 31.7 Å². The SMILES string of the molecule is CC1(CO)CCCC1NCc1cccc(Br)c1O. The lowest BCUT2D eigenvalue weighted by Crippen LogP contribution is -2.41. The normalized spacial score (nSPS) is 27.6. The van der Waals surface area contributed by atoms with Crippen LogP contribution in [0.4, 0.5) is 0 Å². The standard InChI is InChI=1S/C14H20BrNO2/c1-14(9-17)7-3-6-12(14)16-8-10-4-2-5-11(15)13(10)18/h2,4-5,12,16-18H,3,6-9H2,1H3. The van der Waals surface area contributed by atoms with Gasteiger partial charge in [0.1, 0.15) is 5.75 Å². The Labute approximate surface area is 116 Å². The molecule has 2 unspecified atom stereocenters. The summed E-state index contributed by atoms with van der Waals surface area (Å²) in [4.78, 5) is 0. The van der Waals surface area contributed by atoms with Crippen molar-refractivity contribution >= 4 is 15.9 Å². The van der Waals surface area contributed by atoms with E-state index in [1.54, 1.807) is 0 Å². The number of phenols is 1. The number of nitrogens with one attached hydrogen (secondary N) is 1. The summed E-state index contributed by atoms with van der Waals surface area (Å²) in [5, 5.41) is 22.9. The van der Waals surface area contributed by atoms with E-state index in [2.05, 4.69) is 28.2 Å². The zero-order chi connectivity index (χ0) is 13.2. The average molecular weight is 314 g/mol. The molecule has 1 aromatic carbocycles. The van der Waals surface area contributed by atoms with Gasteiger partial charge in [-0.1, -0.05) is 25.5 Å². The number of aliphatic hydroxyl groups excluding tert-OH is 1. The maximum Gasteiger partial charge on any atom is 0.134 e. The third kappa shape index (κ3) is 2.71. The number of aromatic hydroxyl groups is 1. The molecule has 18 heavy (non-hydrogen) atoms. The molecular formula is C14H20BrNO2. The lowest BCUT2D eigenvalue weighted by molar-refractivity contribution is 0.118. The van der Waals surface area contributed by atoms with Crippen molar-refractivity contribution in [1.82, 2.24) is 5.32 Å². The second-order valence-corrected chi connectivity index (χ2v) is 6.24. The smallest absolute Gasteiger partial charge is 0.134 e. The fourth-order valence-electron chi connectivity index (χ4n) is 2.71. The molecule has 0 bridgehead atoms. The minimum atomic E-state index is -0.0262. The Hall–Kier alpha value is -0.580. The molecule has 0 spiro atoms. The van der Waals surface area contributed by atoms with E-state index in [-0.39, 0.29) is 12.0 Å². The van der Waals surface area contributed by atoms with E-state index in [0.29, 0.717) is 18.3 Å². The lowest BCUT2D eigenvalue weighted by Gasteiger charge is -2.30. The highest BCUT2D eigenvalue weighted by Crippen LogP contribution is 2.38. The van der Waals surface area contributed by atoms with Gasteiger partial charge in [-0.2, -0.15) is 0 Å². The monoisotopic (exact) mass is 313 g/mol. The molecule has 2 rings (SSSR count). The molecular weight excluding hydrogens is 294 g/mol. The van der Waals surface area contributed by atoms with Crippen molar-refractivity contribution in [3.05, 3.63) is 28.2 Å². The largest absolute Gasteiger partial charge is 0.506 e. The van der Waals surface area contributed by atoms with E-state index in [1.807, 2.05) is 18.2 Å². The van der Waals surface area contributed by atoms with E-state index in [1.165, 1.54) is 0 Å². The van der Waals surface area contributed by atoms with Crippen LogP contribution in [-0.4, -0.2) is 22.9 Å². The first-order valence-electron chi connectivity index (χ1n) is 6.37. The maximum absolute atomic E-state index is 9.92. The minimum Gasteiger partial charge on any atom is -0.506 e. The van der Waals surface area contributed by atoms with Crippen molar-refractivity contribution in [3.63, 3.8) is 0 Å². The highest BCUT2D eigenvalue weighted by Gasteiger charge is 2.37. The molecule has 1 fully saturated rings. The van der Waals surface area contributed by atoms with Gasteiger partial charge < -0.3 is 15.5 Å². The van der Waals surface area contributed by atoms with Crippen LogP contribution in [0, 0.1) is 5.41 Å². The van der Waals surface area contributed by atoms with Crippen LogP contribution >= 0.6 is 15.9 Å². The molecule has 4 heteroatoms. The summed E-state index contributed by atoms with van der Waals surface area (Å²) in [6.07, 6.45) is 3.30. The summed E-state index contributed by atoms with van der Waals surface area (Å²) in [6.45, 7) is 2.97. The Kier molecular flexibility index (Phi) is 4.30. The van der Waals surface area contributed by atoms with Gasteiger partial charge >= 0.3 is 0 Å². The number of para-hydroxylation sites is 1. The van der Waals surface area contributed by atoms with Crippen molar-refractivity contribution in [2.24, 2.45) is 5.41 Å². The molecule has 0 heterocycles. The molecule has 100 valence electrons. The van der Waals surface area contributed by atoms with Gasteiger partial charge in [0.05, 0.1) is 4.47 Å². The molecule has 1 aliphatic rings. The first kappa shape index (κ1) is 13.8. The van der Waals surface area contributed by atoms with Crippen molar-refractivity contribution in [1.29, 1.82) is 0 Å². The highest BCUT2D eigenvalue weighted by atomic mass is 79.9. The van der Waals surface area contributed by atoms with E-state index in [0.717, 1.165) is 29.3 Å². The summed E-state index contributed by atoms with van der Waals surface area (Å²) in [7, 11) is 0. The van der Waals surface area contributed by atoms with E-state index in [9.17, 15) is 10.2 Å². The number of rotatable bonds is 4. The molecule has 1 saturated carbocycles. The Bertz CT molecular complexity index is 424. The number of hydrogen-bond acceptors (Lipinski definition) is 3. The first-order valence-corrected chi connectivity index (χ1v) is 7.17. The quantitative estimate of drug-likeness (QED) is 0.801. The van der Waals surface area contributed by atoms with Gasteiger partial charge in [0, 0.05) is 30.2 Å². The van der Waals surface area contributed by atoms with Crippen LogP contribution < -0.4 is 5.32 Å². The van der Waals surface area contributed by atoms with Crippen molar-refractivity contribution in [2.45, 2.75) is 38.8 Å². The topological polar surface area (TPSA) is 52.5 Å². The second-order valence-electron chi connectivity index (χ2n) is 5.39. The number of aliphatic hydroxyl groups is 1. The van der Waals surface area contributed by atoms with E-state index >= 15 is 0 Å². The fraction of sp³-hybridized carbons (Fsp3) is 0.571. The predicted molar refractivity (Wildman–Crippen MR) is 75.5 cm³/mol. The molecule has 0 aromatic heterocycles. The zero-order valence-corrected chi connectivity index (χ0v) is 12.2. The first-order chi connectivity index (χ1) is 8.57. The Morgan fingerprint density at radius 3 is 3.00 bits per heavy atom. The van der Waals surface area contributed by atoms with Gasteiger partial charge in [0.2, 0.25) is 0 Å². The number of halogens is 1. The minimum absolute atomic E-state index is 0.0262. The Balaban J connectivity index is 2.01. The van der Waals surface area contributed by atoms with Crippen LogP contribution in [0.5, 0.6) is 5.75 Å². The molecule has 0 aliphatic heterocycles. The highest BCUT2D eigenvalue weighted by molar-refractivity contribution is 9.10. The zero-order valence-electron chi connectivity index (χ0n) is 10.6. The van der Waals surface area contributed by atoms with Crippen LogP contribution in [0.25, 0.3) is 0 Å². The predicted octanol–water partition coefficient (Wildman–Crippen LogP) is 2.80. The third-order valence-electron chi connectivity index (χ3n) is 4.05. The second kappa shape index (κ2) is 5.59. The van der Waals surface area contributed by atoms with Gasteiger partial charge in [-0.05, 0) is 34.8 Å². The number of hydrogen-bond donors (Lipinski definition) is 3. The number of phenolic OH excluding ortho intramolecular Hbond substituents is 1. The van der Waals surface area contributed by atoms with Gasteiger partial charge in [0.25, 0.3) is 0 Å². The Morgan fingerprint density at radius 1 is 1.50 bits per heavy atom. The van der Waals surface area contributed by atoms with E-state index < -0.39 is 0 Å². The van der Waals surface area contributed by atoms with Gasteiger partial charge in [-0.3, -0.25) is 0 Å². The van der Waals surface area contributed by atoms with Crippen LogP contribution in [0.15, 0.2) is 22.7 Å². The average Bonchev–Trinajstić information content (AvgIpc) is 2.73. The molecule has 0 radical (unpaired) electrons. The molecule has 0 saturated heterocycles.